The van der Waals surface area contributed by atoms with Crippen LogP contribution in [0.1, 0.15) is 15.9 Å². The molecule has 1 fully saturated rings. The summed E-state index contributed by atoms with van der Waals surface area (Å²) in [5.41, 5.74) is 1.69. The van der Waals surface area contributed by atoms with Crippen LogP contribution in [0.15, 0.2) is 54.6 Å². The topological polar surface area (TPSA) is 107 Å². The second kappa shape index (κ2) is 8.30. The molecule has 0 unspecified atom stereocenters. The zero-order chi connectivity index (χ0) is 20.1. The van der Waals surface area contributed by atoms with E-state index in [2.05, 4.69) is 4.72 Å². The van der Waals surface area contributed by atoms with E-state index >= 15 is 0 Å². The van der Waals surface area contributed by atoms with Gasteiger partial charge in [0.05, 0.1) is 5.75 Å². The Labute approximate surface area is 163 Å². The molecule has 28 heavy (non-hydrogen) atoms. The summed E-state index contributed by atoms with van der Waals surface area (Å²) in [5, 5.41) is 8.99. The van der Waals surface area contributed by atoms with Crippen LogP contribution in [0.2, 0.25) is 0 Å². The Kier molecular flexibility index (Phi) is 5.84. The summed E-state index contributed by atoms with van der Waals surface area (Å²) in [6.07, 6.45) is -0.927. The van der Waals surface area contributed by atoms with Crippen LogP contribution in [0.3, 0.4) is 0 Å². The Morgan fingerprint density at radius 3 is 2.11 bits per heavy atom. The number of benzene rings is 2. The van der Waals surface area contributed by atoms with Gasteiger partial charge in [-0.2, -0.15) is 0 Å². The first-order chi connectivity index (χ1) is 13.3. The summed E-state index contributed by atoms with van der Waals surface area (Å²) in [5.74, 6) is -0.955. The molecule has 3 rings (SSSR count). The lowest BCUT2D eigenvalue weighted by Gasteiger charge is -2.34. The van der Waals surface area contributed by atoms with E-state index in [1.807, 2.05) is 4.90 Å². The maximum absolute atomic E-state index is 12.3. The predicted octanol–water partition coefficient (Wildman–Crippen LogP) is 1.75. The maximum atomic E-state index is 12.3. The number of carboxylic acid groups (broad SMARTS) is 1. The van der Waals surface area contributed by atoms with Crippen molar-refractivity contribution in [2.24, 2.45) is 0 Å². The highest BCUT2D eigenvalue weighted by Gasteiger charge is 2.21. The molecular formula is C19H21N3O5S. The molecule has 2 aromatic carbocycles. The fraction of sp³-hybridized carbons (Fsp3) is 0.263. The van der Waals surface area contributed by atoms with Crippen LogP contribution < -0.4 is 9.62 Å². The molecule has 0 aliphatic carbocycles. The molecule has 0 aromatic heterocycles. The van der Waals surface area contributed by atoms with Crippen LogP contribution in [0.5, 0.6) is 0 Å². The molecule has 1 saturated heterocycles. The number of piperazine rings is 1. The van der Waals surface area contributed by atoms with Gasteiger partial charge in [-0.1, -0.05) is 30.3 Å². The summed E-state index contributed by atoms with van der Waals surface area (Å²) in [7, 11) is -3.80. The molecule has 2 amide bonds. The highest BCUT2D eigenvalue weighted by atomic mass is 32.2. The van der Waals surface area contributed by atoms with E-state index in [-0.39, 0.29) is 11.3 Å². The van der Waals surface area contributed by atoms with E-state index in [1.165, 1.54) is 4.90 Å². The number of carbonyl (C=O) groups excluding carboxylic acids is 1. The number of nitrogens with zero attached hydrogens (tertiary/aromatic N) is 2. The van der Waals surface area contributed by atoms with E-state index in [0.717, 1.165) is 5.69 Å². The maximum Gasteiger partial charge on any atom is 0.407 e. The average Bonchev–Trinajstić information content (AvgIpc) is 2.68. The number of anilines is 1. The van der Waals surface area contributed by atoms with Gasteiger partial charge in [-0.05, 0) is 29.8 Å². The number of hydrogen-bond acceptors (Lipinski definition) is 5. The molecule has 0 bridgehead atoms. The second-order valence-corrected chi connectivity index (χ2v) is 8.20. The molecule has 9 heteroatoms. The Bertz CT molecular complexity index is 937. The Balaban J connectivity index is 1.60. The second-order valence-electron chi connectivity index (χ2n) is 6.48. The number of nitrogens with one attached hydrogen (secondary N) is 1. The minimum atomic E-state index is -3.80. The van der Waals surface area contributed by atoms with Crippen LogP contribution in [0.25, 0.3) is 0 Å². The molecule has 0 saturated carbocycles. The zero-order valence-corrected chi connectivity index (χ0v) is 15.9. The van der Waals surface area contributed by atoms with Crippen molar-refractivity contribution in [2.45, 2.75) is 5.75 Å². The SMILES string of the molecule is O=C(NS(=O)(=O)Cc1ccccc1)c1ccc(N2CCN(C(=O)O)CC2)cc1. The minimum absolute atomic E-state index is 0.240. The predicted molar refractivity (Wildman–Crippen MR) is 105 cm³/mol. The number of carbonyl (C=O) groups is 2. The van der Waals surface area contributed by atoms with Gasteiger partial charge in [-0.15, -0.1) is 0 Å². The highest BCUT2D eigenvalue weighted by molar-refractivity contribution is 7.89. The van der Waals surface area contributed by atoms with Crippen LogP contribution in [-0.4, -0.2) is 56.6 Å². The van der Waals surface area contributed by atoms with E-state index in [0.29, 0.717) is 31.7 Å². The Morgan fingerprint density at radius 1 is 0.929 bits per heavy atom. The van der Waals surface area contributed by atoms with E-state index in [4.69, 9.17) is 5.11 Å². The zero-order valence-electron chi connectivity index (χ0n) is 15.1. The summed E-state index contributed by atoms with van der Waals surface area (Å²) in [6, 6.07) is 15.2. The molecule has 1 aliphatic rings. The van der Waals surface area contributed by atoms with Crippen molar-refractivity contribution < 1.29 is 23.1 Å². The smallest absolute Gasteiger partial charge is 0.407 e. The molecule has 0 atom stereocenters. The van der Waals surface area contributed by atoms with Crippen molar-refractivity contribution in [3.8, 4) is 0 Å². The van der Waals surface area contributed by atoms with E-state index in [9.17, 15) is 18.0 Å². The monoisotopic (exact) mass is 403 g/mol. The third-order valence-corrected chi connectivity index (χ3v) is 5.70. The van der Waals surface area contributed by atoms with Gasteiger partial charge >= 0.3 is 6.09 Å². The first kappa shape index (κ1) is 19.7. The third kappa shape index (κ3) is 5.01. The van der Waals surface area contributed by atoms with Crippen molar-refractivity contribution in [1.82, 2.24) is 9.62 Å². The molecular weight excluding hydrogens is 382 g/mol. The number of rotatable bonds is 5. The summed E-state index contributed by atoms with van der Waals surface area (Å²) in [6.45, 7) is 1.94. The minimum Gasteiger partial charge on any atom is -0.465 e. The number of sulfonamides is 1. The van der Waals surface area contributed by atoms with E-state index < -0.39 is 22.0 Å². The van der Waals surface area contributed by atoms with Crippen LogP contribution in [0, 0.1) is 0 Å². The van der Waals surface area contributed by atoms with Crippen molar-refractivity contribution in [1.29, 1.82) is 0 Å². The lowest BCUT2D eigenvalue weighted by Crippen LogP contribution is -2.48. The summed E-state index contributed by atoms with van der Waals surface area (Å²) >= 11 is 0. The van der Waals surface area contributed by atoms with Crippen LogP contribution in [0.4, 0.5) is 10.5 Å². The molecule has 0 radical (unpaired) electrons. The fourth-order valence-electron chi connectivity index (χ4n) is 3.01. The van der Waals surface area contributed by atoms with Gasteiger partial charge in [-0.3, -0.25) is 4.79 Å². The standard InChI is InChI=1S/C19H21N3O5S/c23-18(20-28(26,27)14-15-4-2-1-3-5-15)16-6-8-17(9-7-16)21-10-12-22(13-11-21)19(24)25/h1-9H,10-14H2,(H,20,23)(H,24,25). The van der Waals surface area contributed by atoms with Crippen molar-refractivity contribution in [3.63, 3.8) is 0 Å². The van der Waals surface area contributed by atoms with Crippen molar-refractivity contribution in [2.75, 3.05) is 31.1 Å². The quantitative estimate of drug-likeness (QED) is 0.788. The normalized spacial score (nSPS) is 14.6. The Morgan fingerprint density at radius 2 is 1.54 bits per heavy atom. The molecule has 2 N–H and O–H groups in total. The Hall–Kier alpha value is -3.07. The third-order valence-electron chi connectivity index (χ3n) is 4.49. The van der Waals surface area contributed by atoms with Crippen LogP contribution in [-0.2, 0) is 15.8 Å². The van der Waals surface area contributed by atoms with Gasteiger partial charge in [0, 0.05) is 37.4 Å². The number of amides is 2. The lowest BCUT2D eigenvalue weighted by molar-refractivity contribution is 0.0981. The van der Waals surface area contributed by atoms with Gasteiger partial charge in [-0.25, -0.2) is 17.9 Å². The molecule has 148 valence electrons. The molecule has 0 spiro atoms. The van der Waals surface area contributed by atoms with Gasteiger partial charge in [0.1, 0.15) is 0 Å². The highest BCUT2D eigenvalue weighted by Crippen LogP contribution is 2.18. The number of hydrogen-bond donors (Lipinski definition) is 2. The van der Waals surface area contributed by atoms with Gasteiger partial charge in [0.25, 0.3) is 5.91 Å². The van der Waals surface area contributed by atoms with Gasteiger partial charge in [0.2, 0.25) is 10.0 Å². The first-order valence-electron chi connectivity index (χ1n) is 8.76. The lowest BCUT2D eigenvalue weighted by atomic mass is 10.1. The largest absolute Gasteiger partial charge is 0.465 e. The van der Waals surface area contributed by atoms with Gasteiger partial charge < -0.3 is 14.9 Å². The molecule has 1 heterocycles. The molecule has 8 nitrogen and oxygen atoms in total. The van der Waals surface area contributed by atoms with Crippen LogP contribution >= 0.6 is 0 Å². The average molecular weight is 403 g/mol. The molecule has 1 aliphatic heterocycles. The van der Waals surface area contributed by atoms with Crippen molar-refractivity contribution >= 4 is 27.7 Å². The first-order valence-corrected chi connectivity index (χ1v) is 10.4. The fourth-order valence-corrected chi connectivity index (χ4v) is 4.11. The van der Waals surface area contributed by atoms with Crippen molar-refractivity contribution in [3.05, 3.63) is 65.7 Å². The molecule has 2 aromatic rings. The van der Waals surface area contributed by atoms with Gasteiger partial charge in [0.15, 0.2) is 0 Å². The summed E-state index contributed by atoms with van der Waals surface area (Å²) in [4.78, 5) is 26.6. The van der Waals surface area contributed by atoms with E-state index in [1.54, 1.807) is 54.6 Å². The summed E-state index contributed by atoms with van der Waals surface area (Å²) < 4.78 is 26.5.